The molecule has 0 saturated heterocycles. The number of carbonyl (C=O) groups excluding carboxylic acids is 1. The highest BCUT2D eigenvalue weighted by molar-refractivity contribution is 7.45. The normalized spacial score (nSPS) is 15.0. The summed E-state index contributed by atoms with van der Waals surface area (Å²) in [5.74, 6) is -0.419. The zero-order valence-corrected chi connectivity index (χ0v) is 42.0. The molecule has 364 valence electrons. The first kappa shape index (κ1) is 61.1. The Hall–Kier alpha value is -3.88. The molecular formula is C56H88NO7P. The Balaban J connectivity index is 4.45. The van der Waals surface area contributed by atoms with Crippen molar-refractivity contribution in [1.82, 2.24) is 0 Å². The van der Waals surface area contributed by atoms with Crippen LogP contribution in [0.4, 0.5) is 0 Å². The second kappa shape index (κ2) is 46.6. The van der Waals surface area contributed by atoms with Gasteiger partial charge in [0.05, 0.1) is 34.4 Å². The number of rotatable bonds is 42. The van der Waals surface area contributed by atoms with Crippen molar-refractivity contribution >= 4 is 13.8 Å². The molecule has 9 heteroatoms. The minimum atomic E-state index is -4.58. The second-order valence-electron chi connectivity index (χ2n) is 16.3. The van der Waals surface area contributed by atoms with Gasteiger partial charge in [0.1, 0.15) is 19.3 Å². The number of nitrogens with zero attached hydrogens (tertiary/aromatic N) is 1. The fraction of sp³-hybridized carbons (Fsp3) is 0.518. The quantitative estimate of drug-likeness (QED) is 0.0198. The van der Waals surface area contributed by atoms with E-state index >= 15 is 0 Å². The number of allylic oxidation sites excluding steroid dienone is 26. The molecular weight excluding hydrogens is 830 g/mol. The molecule has 0 fully saturated rings. The largest absolute Gasteiger partial charge is 0.756 e. The van der Waals surface area contributed by atoms with E-state index in [1.165, 1.54) is 0 Å². The average Bonchev–Trinajstić information content (AvgIpc) is 3.27. The lowest BCUT2D eigenvalue weighted by Gasteiger charge is -2.28. The van der Waals surface area contributed by atoms with E-state index in [-0.39, 0.29) is 26.2 Å². The Kier molecular flexibility index (Phi) is 43.9. The van der Waals surface area contributed by atoms with Gasteiger partial charge in [-0.3, -0.25) is 9.36 Å². The van der Waals surface area contributed by atoms with Crippen LogP contribution in [-0.2, 0) is 27.9 Å². The van der Waals surface area contributed by atoms with E-state index in [0.29, 0.717) is 24.1 Å². The number of carbonyl (C=O) groups is 1. The first-order valence-corrected chi connectivity index (χ1v) is 25.7. The Morgan fingerprint density at radius 2 is 0.815 bits per heavy atom. The molecule has 0 radical (unpaired) electrons. The third kappa shape index (κ3) is 51.0. The third-order valence-electron chi connectivity index (χ3n) is 9.07. The van der Waals surface area contributed by atoms with E-state index in [2.05, 4.69) is 172 Å². The molecule has 0 aliphatic heterocycles. The predicted octanol–water partition coefficient (Wildman–Crippen LogP) is 14.4. The summed E-state index contributed by atoms with van der Waals surface area (Å²) in [6, 6.07) is 0. The van der Waals surface area contributed by atoms with Gasteiger partial charge in [-0.15, -0.1) is 0 Å². The molecule has 65 heavy (non-hydrogen) atoms. The molecule has 2 unspecified atom stereocenters. The van der Waals surface area contributed by atoms with Gasteiger partial charge >= 0.3 is 5.97 Å². The van der Waals surface area contributed by atoms with Crippen molar-refractivity contribution in [2.24, 2.45) is 0 Å². The molecule has 0 aliphatic carbocycles. The zero-order valence-electron chi connectivity index (χ0n) is 41.1. The van der Waals surface area contributed by atoms with Crippen molar-refractivity contribution in [1.29, 1.82) is 0 Å². The van der Waals surface area contributed by atoms with Crippen LogP contribution in [0, 0.1) is 0 Å². The third-order valence-corrected chi connectivity index (χ3v) is 10.0. The van der Waals surface area contributed by atoms with Gasteiger partial charge in [0, 0.05) is 13.0 Å². The molecule has 2 atom stereocenters. The van der Waals surface area contributed by atoms with Crippen LogP contribution in [0.3, 0.4) is 0 Å². The van der Waals surface area contributed by atoms with Crippen LogP contribution in [-0.4, -0.2) is 70.7 Å². The van der Waals surface area contributed by atoms with Crippen molar-refractivity contribution in [2.75, 3.05) is 54.1 Å². The number of phosphoric acid groups is 1. The summed E-state index contributed by atoms with van der Waals surface area (Å²) < 4.78 is 34.5. The van der Waals surface area contributed by atoms with Crippen LogP contribution in [0.1, 0.15) is 129 Å². The second-order valence-corrected chi connectivity index (χ2v) is 17.8. The van der Waals surface area contributed by atoms with E-state index in [4.69, 9.17) is 18.5 Å². The maximum Gasteiger partial charge on any atom is 0.306 e. The number of ether oxygens (including phenoxy) is 2. The number of esters is 1. The van der Waals surface area contributed by atoms with E-state index in [1.54, 1.807) is 0 Å². The summed E-state index contributed by atoms with van der Waals surface area (Å²) in [5, 5.41) is 0. The molecule has 0 rings (SSSR count). The van der Waals surface area contributed by atoms with Crippen LogP contribution >= 0.6 is 7.82 Å². The Labute approximate surface area is 397 Å². The number of likely N-dealkylation sites (N-methyl/N-ethyl adjacent to an activating group) is 1. The minimum absolute atomic E-state index is 0.00651. The van der Waals surface area contributed by atoms with Crippen LogP contribution in [0.5, 0.6) is 0 Å². The monoisotopic (exact) mass is 918 g/mol. The number of unbranched alkanes of at least 4 members (excludes halogenated alkanes) is 2. The van der Waals surface area contributed by atoms with Crippen molar-refractivity contribution in [3.8, 4) is 0 Å². The fourth-order valence-corrected chi connectivity index (χ4v) is 6.16. The molecule has 0 aliphatic rings. The van der Waals surface area contributed by atoms with Crippen LogP contribution < -0.4 is 4.89 Å². The van der Waals surface area contributed by atoms with Gasteiger partial charge in [0.2, 0.25) is 0 Å². The molecule has 8 nitrogen and oxygen atoms in total. The summed E-state index contributed by atoms with van der Waals surface area (Å²) in [6.45, 7) is 4.88. The molecule has 0 N–H and O–H groups in total. The molecule has 0 bridgehead atoms. The number of phosphoric ester groups is 1. The number of quaternary nitrogens is 1. The lowest BCUT2D eigenvalue weighted by molar-refractivity contribution is -0.870. The van der Waals surface area contributed by atoms with Gasteiger partial charge in [-0.05, 0) is 109 Å². The number of hydrogen-bond donors (Lipinski definition) is 0. The molecule has 0 aromatic rings. The first-order chi connectivity index (χ1) is 31.6. The van der Waals surface area contributed by atoms with E-state index < -0.39 is 19.9 Å². The van der Waals surface area contributed by atoms with Gasteiger partial charge in [-0.1, -0.05) is 172 Å². The summed E-state index contributed by atoms with van der Waals surface area (Å²) in [6.07, 6.45) is 71.5. The summed E-state index contributed by atoms with van der Waals surface area (Å²) in [4.78, 5) is 25.1. The smallest absolute Gasteiger partial charge is 0.306 e. The number of hydrogen-bond acceptors (Lipinski definition) is 7. The first-order valence-electron chi connectivity index (χ1n) is 24.2. The van der Waals surface area contributed by atoms with Gasteiger partial charge < -0.3 is 27.9 Å². The SMILES string of the molecule is CC/C=C\C/C=C\C/C=C\C/C=C\C/C=C\C/C=C\C/C=C\CCCC(=O)OC(COCCC/C=C\C/C=C\C/C=C\C/C=C\C/C=C\C/C=C\CC)COP(=O)([O-])OCC[N+](C)(C)C. The van der Waals surface area contributed by atoms with Crippen LogP contribution in [0.25, 0.3) is 0 Å². The van der Waals surface area contributed by atoms with Crippen molar-refractivity contribution in [2.45, 2.75) is 136 Å². The van der Waals surface area contributed by atoms with Crippen molar-refractivity contribution in [3.05, 3.63) is 158 Å². The Morgan fingerprint density at radius 3 is 1.17 bits per heavy atom. The lowest BCUT2D eigenvalue weighted by Crippen LogP contribution is -2.37. The standard InChI is InChI=1S/C56H88NO7P/c1-6-8-10-12-14-16-18-20-22-24-26-28-29-30-31-33-35-37-39-41-43-45-47-49-56(58)64-55(54-63-65(59,60)62-52-50-57(3,4)5)53-61-51-48-46-44-42-40-38-36-34-32-27-25-23-21-19-17-15-13-11-9-7-2/h8-11,14-17,20-23,26-28,30-32,35-38,41-44,55H,6-7,12-13,18-19,24-25,29,33-34,39-40,45-54H2,1-5H3/b10-8-,11-9-,16-14-,17-15-,22-20-,23-21-,28-26-,31-30-,32-27-,37-35-,38-36-,43-41-,44-42-. The fourth-order valence-electron chi connectivity index (χ4n) is 5.43. The Morgan fingerprint density at radius 1 is 0.477 bits per heavy atom. The lowest BCUT2D eigenvalue weighted by atomic mass is 10.2. The molecule has 0 heterocycles. The van der Waals surface area contributed by atoms with Crippen LogP contribution in [0.2, 0.25) is 0 Å². The summed E-state index contributed by atoms with van der Waals surface area (Å²) in [7, 11) is 1.25. The molecule has 0 aromatic heterocycles. The van der Waals surface area contributed by atoms with Gasteiger partial charge in [0.25, 0.3) is 7.82 Å². The highest BCUT2D eigenvalue weighted by atomic mass is 31.2. The summed E-state index contributed by atoms with van der Waals surface area (Å²) >= 11 is 0. The minimum Gasteiger partial charge on any atom is -0.756 e. The average molecular weight is 918 g/mol. The summed E-state index contributed by atoms with van der Waals surface area (Å²) in [5.41, 5.74) is 0. The van der Waals surface area contributed by atoms with Gasteiger partial charge in [-0.2, -0.15) is 0 Å². The van der Waals surface area contributed by atoms with E-state index in [0.717, 1.165) is 103 Å². The zero-order chi connectivity index (χ0) is 47.6. The van der Waals surface area contributed by atoms with Crippen molar-refractivity contribution in [3.63, 3.8) is 0 Å². The Bertz CT molecular complexity index is 1580. The maximum atomic E-state index is 12.7. The molecule has 0 saturated carbocycles. The van der Waals surface area contributed by atoms with Gasteiger partial charge in [0.15, 0.2) is 0 Å². The highest BCUT2D eigenvalue weighted by Crippen LogP contribution is 2.38. The highest BCUT2D eigenvalue weighted by Gasteiger charge is 2.20. The van der Waals surface area contributed by atoms with Crippen LogP contribution in [0.15, 0.2) is 158 Å². The topological polar surface area (TPSA) is 94.1 Å². The van der Waals surface area contributed by atoms with Gasteiger partial charge in [-0.25, -0.2) is 0 Å². The van der Waals surface area contributed by atoms with Crippen molar-refractivity contribution < 1.29 is 37.3 Å². The van der Waals surface area contributed by atoms with E-state index in [1.807, 2.05) is 21.1 Å². The molecule has 0 spiro atoms. The molecule has 0 amide bonds. The molecule has 0 aromatic carbocycles. The van der Waals surface area contributed by atoms with E-state index in [9.17, 15) is 14.3 Å². The maximum absolute atomic E-state index is 12.7. The predicted molar refractivity (Wildman–Crippen MR) is 276 cm³/mol.